The van der Waals surface area contributed by atoms with Gasteiger partial charge in [-0.3, -0.25) is 0 Å². The van der Waals surface area contributed by atoms with Crippen molar-refractivity contribution in [2.45, 2.75) is 26.9 Å². The first-order valence-corrected chi connectivity index (χ1v) is 7.00. The van der Waals surface area contributed by atoms with Gasteiger partial charge in [-0.2, -0.15) is 0 Å². The Hall–Kier alpha value is -1.79. The van der Waals surface area contributed by atoms with Gasteiger partial charge in [0.05, 0.1) is 16.7 Å². The lowest BCUT2D eigenvalue weighted by Crippen LogP contribution is -1.98. The average Bonchev–Trinajstić information content (AvgIpc) is 3.00. The number of nitrogens with two attached hydrogens (primary N) is 1. The highest BCUT2D eigenvalue weighted by Crippen LogP contribution is 2.29. The third-order valence-corrected chi connectivity index (χ3v) is 4.04. The van der Waals surface area contributed by atoms with E-state index in [9.17, 15) is 0 Å². The third kappa shape index (κ3) is 1.93. The summed E-state index contributed by atoms with van der Waals surface area (Å²) in [7, 11) is 0. The van der Waals surface area contributed by atoms with Gasteiger partial charge in [0.1, 0.15) is 4.88 Å². The molecule has 3 aromatic rings. The van der Waals surface area contributed by atoms with Gasteiger partial charge in [0, 0.05) is 13.1 Å². The van der Waals surface area contributed by atoms with Crippen LogP contribution in [0.3, 0.4) is 0 Å². The van der Waals surface area contributed by atoms with Crippen LogP contribution in [-0.2, 0) is 13.1 Å². The Bertz CT molecular complexity index is 728. The molecule has 1 aromatic carbocycles. The average molecular weight is 273 g/mol. The highest BCUT2D eigenvalue weighted by molar-refractivity contribution is 7.09. The molecule has 19 heavy (non-hydrogen) atoms. The van der Waals surface area contributed by atoms with E-state index in [0.29, 0.717) is 6.54 Å². The van der Waals surface area contributed by atoms with E-state index in [1.54, 1.807) is 0 Å². The summed E-state index contributed by atoms with van der Waals surface area (Å²) in [4.78, 5) is 5.77. The SMILES string of the molecule is CCn1c(-c2snnc2C)nc2cc(CN)ccc21. The fourth-order valence-corrected chi connectivity index (χ4v) is 2.89. The number of imidazole rings is 1. The van der Waals surface area contributed by atoms with Crippen molar-refractivity contribution >= 4 is 22.6 Å². The molecule has 0 unspecified atom stereocenters. The molecule has 0 atom stereocenters. The first kappa shape index (κ1) is 12.3. The zero-order valence-corrected chi connectivity index (χ0v) is 11.7. The van der Waals surface area contributed by atoms with E-state index in [-0.39, 0.29) is 0 Å². The van der Waals surface area contributed by atoms with Gasteiger partial charge in [-0.25, -0.2) is 4.98 Å². The topological polar surface area (TPSA) is 69.6 Å². The summed E-state index contributed by atoms with van der Waals surface area (Å²) < 4.78 is 6.19. The Morgan fingerprint density at radius 3 is 2.84 bits per heavy atom. The van der Waals surface area contributed by atoms with Crippen molar-refractivity contribution in [3.05, 3.63) is 29.5 Å². The molecule has 2 N–H and O–H groups in total. The smallest absolute Gasteiger partial charge is 0.154 e. The van der Waals surface area contributed by atoms with E-state index in [2.05, 4.69) is 39.3 Å². The maximum atomic E-state index is 5.68. The molecule has 3 rings (SSSR count). The lowest BCUT2D eigenvalue weighted by molar-refractivity contribution is 0.797. The molecule has 0 aliphatic carbocycles. The van der Waals surface area contributed by atoms with Crippen LogP contribution < -0.4 is 5.73 Å². The van der Waals surface area contributed by atoms with Gasteiger partial charge >= 0.3 is 0 Å². The number of benzene rings is 1. The molecule has 0 fully saturated rings. The van der Waals surface area contributed by atoms with Gasteiger partial charge in [-0.05, 0) is 43.1 Å². The number of aryl methyl sites for hydroxylation is 2. The van der Waals surface area contributed by atoms with Gasteiger partial charge < -0.3 is 10.3 Å². The quantitative estimate of drug-likeness (QED) is 0.795. The lowest BCUT2D eigenvalue weighted by Gasteiger charge is -2.04. The summed E-state index contributed by atoms with van der Waals surface area (Å²) >= 11 is 1.39. The van der Waals surface area contributed by atoms with Crippen LogP contribution in [0.25, 0.3) is 21.7 Å². The molecule has 0 bridgehead atoms. The molecule has 0 amide bonds. The fraction of sp³-hybridized carbons (Fsp3) is 0.308. The Kier molecular flexibility index (Phi) is 3.04. The molecule has 6 heteroatoms. The van der Waals surface area contributed by atoms with Gasteiger partial charge in [-0.15, -0.1) is 5.10 Å². The Morgan fingerprint density at radius 1 is 1.37 bits per heavy atom. The normalized spacial score (nSPS) is 11.3. The van der Waals surface area contributed by atoms with Crippen molar-refractivity contribution in [1.82, 2.24) is 19.1 Å². The van der Waals surface area contributed by atoms with Crippen molar-refractivity contribution < 1.29 is 0 Å². The van der Waals surface area contributed by atoms with Gasteiger partial charge in [-0.1, -0.05) is 10.6 Å². The molecule has 0 aliphatic heterocycles. The van der Waals surface area contributed by atoms with Crippen LogP contribution in [0, 0.1) is 6.92 Å². The third-order valence-electron chi connectivity index (χ3n) is 3.22. The molecular weight excluding hydrogens is 258 g/mol. The molecular formula is C13H15N5S. The minimum absolute atomic E-state index is 0.533. The standard InChI is InChI=1S/C13H15N5S/c1-3-18-11-5-4-9(7-14)6-10(11)15-13(18)12-8(2)16-17-19-12/h4-6H,3,7,14H2,1-2H3. The minimum Gasteiger partial charge on any atom is -0.326 e. The highest BCUT2D eigenvalue weighted by Gasteiger charge is 2.16. The van der Waals surface area contributed by atoms with Crippen molar-refractivity contribution in [1.29, 1.82) is 0 Å². The Labute approximate surface area is 115 Å². The molecule has 0 saturated heterocycles. The monoisotopic (exact) mass is 273 g/mol. The van der Waals surface area contributed by atoms with E-state index in [0.717, 1.165) is 39.5 Å². The number of rotatable bonds is 3. The predicted octanol–water partition coefficient (Wildman–Crippen LogP) is 2.34. The summed E-state index contributed by atoms with van der Waals surface area (Å²) in [6, 6.07) is 6.19. The van der Waals surface area contributed by atoms with E-state index in [1.807, 2.05) is 6.92 Å². The van der Waals surface area contributed by atoms with Gasteiger partial charge in [0.25, 0.3) is 0 Å². The molecule has 0 aliphatic rings. The molecule has 0 radical (unpaired) electrons. The second-order valence-corrected chi connectivity index (χ2v) is 5.15. The van der Waals surface area contributed by atoms with Crippen molar-refractivity contribution in [3.8, 4) is 10.7 Å². The Morgan fingerprint density at radius 2 is 2.21 bits per heavy atom. The van der Waals surface area contributed by atoms with E-state index < -0.39 is 0 Å². The van der Waals surface area contributed by atoms with Crippen LogP contribution in [0.5, 0.6) is 0 Å². The molecule has 98 valence electrons. The summed E-state index contributed by atoms with van der Waals surface area (Å²) in [5.74, 6) is 0.944. The van der Waals surface area contributed by atoms with Crippen LogP contribution in [0.2, 0.25) is 0 Å². The number of aromatic nitrogens is 4. The lowest BCUT2D eigenvalue weighted by atomic mass is 10.2. The maximum Gasteiger partial charge on any atom is 0.154 e. The largest absolute Gasteiger partial charge is 0.326 e. The summed E-state index contributed by atoms with van der Waals surface area (Å²) in [5, 5.41) is 4.07. The summed E-state index contributed by atoms with van der Waals surface area (Å²) in [5.41, 5.74) is 9.81. The highest BCUT2D eigenvalue weighted by atomic mass is 32.1. The predicted molar refractivity (Wildman–Crippen MR) is 76.9 cm³/mol. The summed E-state index contributed by atoms with van der Waals surface area (Å²) in [6.07, 6.45) is 0. The molecule has 0 saturated carbocycles. The van der Waals surface area contributed by atoms with Crippen molar-refractivity contribution in [2.75, 3.05) is 0 Å². The second kappa shape index (κ2) is 4.71. The minimum atomic E-state index is 0.533. The van der Waals surface area contributed by atoms with E-state index in [1.165, 1.54) is 11.5 Å². The second-order valence-electron chi connectivity index (χ2n) is 4.39. The Balaban J connectivity index is 2.27. The molecule has 2 heterocycles. The molecule has 2 aromatic heterocycles. The number of hydrogen-bond donors (Lipinski definition) is 1. The first-order valence-electron chi connectivity index (χ1n) is 6.23. The number of hydrogen-bond acceptors (Lipinski definition) is 5. The van der Waals surface area contributed by atoms with Crippen LogP contribution in [0.1, 0.15) is 18.2 Å². The fourth-order valence-electron chi connectivity index (χ4n) is 2.23. The zero-order valence-electron chi connectivity index (χ0n) is 10.9. The maximum absolute atomic E-state index is 5.68. The zero-order chi connectivity index (χ0) is 13.4. The van der Waals surface area contributed by atoms with Crippen LogP contribution >= 0.6 is 11.5 Å². The van der Waals surface area contributed by atoms with E-state index in [4.69, 9.17) is 10.7 Å². The summed E-state index contributed by atoms with van der Waals surface area (Å²) in [6.45, 7) is 5.48. The van der Waals surface area contributed by atoms with Crippen molar-refractivity contribution in [2.24, 2.45) is 5.73 Å². The van der Waals surface area contributed by atoms with Gasteiger partial charge in [0.2, 0.25) is 0 Å². The number of fused-ring (bicyclic) bond motifs is 1. The van der Waals surface area contributed by atoms with Gasteiger partial charge in [0.15, 0.2) is 5.82 Å². The van der Waals surface area contributed by atoms with Crippen LogP contribution in [0.4, 0.5) is 0 Å². The van der Waals surface area contributed by atoms with Crippen LogP contribution in [-0.4, -0.2) is 19.1 Å². The van der Waals surface area contributed by atoms with Crippen LogP contribution in [0.15, 0.2) is 18.2 Å². The molecule has 0 spiro atoms. The number of nitrogens with zero attached hydrogens (tertiary/aromatic N) is 4. The molecule has 5 nitrogen and oxygen atoms in total. The van der Waals surface area contributed by atoms with Crippen molar-refractivity contribution in [3.63, 3.8) is 0 Å². The first-order chi connectivity index (χ1) is 9.24. The van der Waals surface area contributed by atoms with E-state index >= 15 is 0 Å².